The number of methoxy groups -OCH3 is 1. The van der Waals surface area contributed by atoms with Crippen LogP contribution in [0.25, 0.3) is 0 Å². The Hall–Kier alpha value is -0.0800. The molecule has 96 valence electrons. The van der Waals surface area contributed by atoms with E-state index in [9.17, 15) is 5.11 Å². The molecular formula is C14H28O2. The summed E-state index contributed by atoms with van der Waals surface area (Å²) in [4.78, 5) is 0. The summed E-state index contributed by atoms with van der Waals surface area (Å²) in [5.74, 6) is 1.38. The van der Waals surface area contributed by atoms with E-state index >= 15 is 0 Å². The van der Waals surface area contributed by atoms with E-state index in [1.165, 1.54) is 12.8 Å². The lowest BCUT2D eigenvalue weighted by Gasteiger charge is -2.42. The molecular weight excluding hydrogens is 200 g/mol. The van der Waals surface area contributed by atoms with Crippen LogP contribution >= 0.6 is 0 Å². The van der Waals surface area contributed by atoms with Crippen molar-refractivity contribution in [2.24, 2.45) is 11.8 Å². The van der Waals surface area contributed by atoms with Crippen LogP contribution in [0.4, 0.5) is 0 Å². The van der Waals surface area contributed by atoms with Gasteiger partial charge in [-0.25, -0.2) is 0 Å². The van der Waals surface area contributed by atoms with E-state index < -0.39 is 0 Å². The summed E-state index contributed by atoms with van der Waals surface area (Å²) >= 11 is 0. The largest absolute Gasteiger partial charge is 0.390 e. The number of aliphatic hydroxyl groups excluding tert-OH is 1. The molecule has 2 atom stereocenters. The van der Waals surface area contributed by atoms with Gasteiger partial charge in [-0.3, -0.25) is 0 Å². The molecule has 0 aromatic carbocycles. The summed E-state index contributed by atoms with van der Waals surface area (Å²) in [7, 11) is 1.76. The van der Waals surface area contributed by atoms with Crippen molar-refractivity contribution in [3.63, 3.8) is 0 Å². The molecule has 0 aromatic heterocycles. The Bertz CT molecular complexity index is 195. The Morgan fingerprint density at radius 1 is 1.38 bits per heavy atom. The van der Waals surface area contributed by atoms with Gasteiger partial charge < -0.3 is 9.84 Å². The highest BCUT2D eigenvalue weighted by Crippen LogP contribution is 2.38. The van der Waals surface area contributed by atoms with Crippen LogP contribution in [0.2, 0.25) is 0 Å². The second-order valence-electron chi connectivity index (χ2n) is 5.72. The van der Waals surface area contributed by atoms with Crippen LogP contribution in [0.15, 0.2) is 0 Å². The first-order valence-corrected chi connectivity index (χ1v) is 6.77. The number of rotatable bonds is 5. The Kier molecular flexibility index (Phi) is 5.26. The van der Waals surface area contributed by atoms with E-state index in [4.69, 9.17) is 4.74 Å². The molecule has 1 saturated carbocycles. The second-order valence-corrected chi connectivity index (χ2v) is 5.72. The minimum absolute atomic E-state index is 0.254. The van der Waals surface area contributed by atoms with Crippen molar-refractivity contribution in [3.05, 3.63) is 0 Å². The lowest BCUT2D eigenvalue weighted by molar-refractivity contribution is -0.133. The zero-order chi connectivity index (χ0) is 12.2. The van der Waals surface area contributed by atoms with Gasteiger partial charge in [-0.15, -0.1) is 0 Å². The molecule has 1 fully saturated rings. The van der Waals surface area contributed by atoms with E-state index in [-0.39, 0.29) is 11.7 Å². The fourth-order valence-electron chi connectivity index (χ4n) is 2.69. The van der Waals surface area contributed by atoms with Gasteiger partial charge >= 0.3 is 0 Å². The summed E-state index contributed by atoms with van der Waals surface area (Å²) in [5, 5.41) is 10.4. The molecule has 1 rings (SSSR count). The van der Waals surface area contributed by atoms with Crippen molar-refractivity contribution in [3.8, 4) is 0 Å². The van der Waals surface area contributed by atoms with Gasteiger partial charge in [0.25, 0.3) is 0 Å². The Morgan fingerprint density at radius 2 is 1.94 bits per heavy atom. The predicted octanol–water partition coefficient (Wildman–Crippen LogP) is 3.38. The maximum absolute atomic E-state index is 10.4. The average molecular weight is 228 g/mol. The first-order chi connectivity index (χ1) is 7.54. The monoisotopic (exact) mass is 228 g/mol. The zero-order valence-corrected chi connectivity index (χ0v) is 11.3. The number of hydrogen-bond donors (Lipinski definition) is 1. The summed E-state index contributed by atoms with van der Waals surface area (Å²) in [6.07, 6.45) is 6.12. The summed E-state index contributed by atoms with van der Waals surface area (Å²) in [6, 6.07) is 0. The summed E-state index contributed by atoms with van der Waals surface area (Å²) < 4.78 is 5.68. The van der Waals surface area contributed by atoms with Gasteiger partial charge in [-0.1, -0.05) is 27.2 Å². The molecule has 0 radical (unpaired) electrons. The Morgan fingerprint density at radius 3 is 2.38 bits per heavy atom. The molecule has 0 heterocycles. The van der Waals surface area contributed by atoms with Gasteiger partial charge in [-0.05, 0) is 43.9 Å². The maximum Gasteiger partial charge on any atom is 0.0936 e. The standard InChI is InChI=1S/C14H28O2/c1-5-11(2)10-13(15)14(16-4)8-6-12(3)7-9-14/h11-13,15H,5-10H2,1-4H3. The normalized spacial score (nSPS) is 34.7. The summed E-state index contributed by atoms with van der Waals surface area (Å²) in [5.41, 5.74) is -0.254. The SMILES string of the molecule is CCC(C)CC(O)C1(OC)CCC(C)CC1. The van der Waals surface area contributed by atoms with E-state index in [0.29, 0.717) is 5.92 Å². The van der Waals surface area contributed by atoms with Crippen molar-refractivity contribution in [2.45, 2.75) is 71.0 Å². The van der Waals surface area contributed by atoms with Crippen molar-refractivity contribution in [2.75, 3.05) is 7.11 Å². The van der Waals surface area contributed by atoms with E-state index in [0.717, 1.165) is 31.6 Å². The Labute approximate surface area is 100 Å². The fraction of sp³-hybridized carbons (Fsp3) is 1.00. The van der Waals surface area contributed by atoms with Gasteiger partial charge in [-0.2, -0.15) is 0 Å². The van der Waals surface area contributed by atoms with E-state index in [2.05, 4.69) is 20.8 Å². The zero-order valence-electron chi connectivity index (χ0n) is 11.3. The molecule has 0 amide bonds. The van der Waals surface area contributed by atoms with Gasteiger partial charge in [0.2, 0.25) is 0 Å². The fourth-order valence-corrected chi connectivity index (χ4v) is 2.69. The quantitative estimate of drug-likeness (QED) is 0.781. The molecule has 0 saturated heterocycles. The smallest absolute Gasteiger partial charge is 0.0936 e. The van der Waals surface area contributed by atoms with Crippen LogP contribution in [-0.4, -0.2) is 23.9 Å². The highest BCUT2D eigenvalue weighted by molar-refractivity contribution is 4.92. The van der Waals surface area contributed by atoms with E-state index in [1.807, 2.05) is 0 Å². The maximum atomic E-state index is 10.4. The van der Waals surface area contributed by atoms with Crippen molar-refractivity contribution < 1.29 is 9.84 Å². The number of aliphatic hydroxyl groups is 1. The molecule has 0 aromatic rings. The second kappa shape index (κ2) is 6.02. The molecule has 1 N–H and O–H groups in total. The number of ether oxygens (including phenoxy) is 1. The van der Waals surface area contributed by atoms with Crippen molar-refractivity contribution >= 4 is 0 Å². The van der Waals surface area contributed by atoms with Crippen molar-refractivity contribution in [1.29, 1.82) is 0 Å². The highest BCUT2D eigenvalue weighted by Gasteiger charge is 2.40. The predicted molar refractivity (Wildman–Crippen MR) is 67.5 cm³/mol. The Balaban J connectivity index is 2.57. The minimum Gasteiger partial charge on any atom is -0.390 e. The van der Waals surface area contributed by atoms with Crippen LogP contribution in [0.5, 0.6) is 0 Å². The van der Waals surface area contributed by atoms with Crippen LogP contribution in [0.3, 0.4) is 0 Å². The van der Waals surface area contributed by atoms with Crippen LogP contribution < -0.4 is 0 Å². The third-order valence-corrected chi connectivity index (χ3v) is 4.46. The van der Waals surface area contributed by atoms with Gasteiger partial charge in [0.05, 0.1) is 11.7 Å². The molecule has 0 aliphatic heterocycles. The molecule has 0 bridgehead atoms. The van der Waals surface area contributed by atoms with E-state index in [1.54, 1.807) is 7.11 Å². The van der Waals surface area contributed by atoms with Crippen LogP contribution in [0, 0.1) is 11.8 Å². The van der Waals surface area contributed by atoms with Crippen LogP contribution in [-0.2, 0) is 4.74 Å². The lowest BCUT2D eigenvalue weighted by atomic mass is 9.74. The van der Waals surface area contributed by atoms with Crippen LogP contribution in [0.1, 0.15) is 59.3 Å². The van der Waals surface area contributed by atoms with Gasteiger partial charge in [0, 0.05) is 7.11 Å². The first kappa shape index (κ1) is 14.0. The number of hydrogen-bond acceptors (Lipinski definition) is 2. The molecule has 2 nitrogen and oxygen atoms in total. The minimum atomic E-state index is -0.292. The topological polar surface area (TPSA) is 29.5 Å². The lowest BCUT2D eigenvalue weighted by Crippen LogP contribution is -2.47. The molecule has 2 unspecified atom stereocenters. The third kappa shape index (κ3) is 3.21. The molecule has 1 aliphatic rings. The molecule has 1 aliphatic carbocycles. The average Bonchev–Trinajstić information content (AvgIpc) is 2.30. The van der Waals surface area contributed by atoms with Gasteiger partial charge in [0.15, 0.2) is 0 Å². The summed E-state index contributed by atoms with van der Waals surface area (Å²) in [6.45, 7) is 6.68. The third-order valence-electron chi connectivity index (χ3n) is 4.46. The van der Waals surface area contributed by atoms with Crippen molar-refractivity contribution in [1.82, 2.24) is 0 Å². The molecule has 2 heteroatoms. The highest BCUT2D eigenvalue weighted by atomic mass is 16.5. The molecule has 16 heavy (non-hydrogen) atoms. The van der Waals surface area contributed by atoms with Gasteiger partial charge in [0.1, 0.15) is 0 Å². The molecule has 0 spiro atoms. The first-order valence-electron chi connectivity index (χ1n) is 6.77.